The molecule has 7 heteroatoms. The fourth-order valence-corrected chi connectivity index (χ4v) is 4.15. The van der Waals surface area contributed by atoms with Gasteiger partial charge in [-0.3, -0.25) is 20.0 Å². The molecule has 118 valence electrons. The van der Waals surface area contributed by atoms with Crippen molar-refractivity contribution >= 4 is 22.3 Å². The van der Waals surface area contributed by atoms with E-state index in [4.69, 9.17) is 0 Å². The van der Waals surface area contributed by atoms with Crippen molar-refractivity contribution in [2.45, 2.75) is 12.1 Å². The predicted octanol–water partition coefficient (Wildman–Crippen LogP) is 1.18. The minimum Gasteiger partial charge on any atom is -0.286 e. The van der Waals surface area contributed by atoms with Gasteiger partial charge in [0.2, 0.25) is 0 Å². The lowest BCUT2D eigenvalue weighted by molar-refractivity contribution is 0.601. The highest BCUT2D eigenvalue weighted by molar-refractivity contribution is 7.91. The molecule has 0 aromatic carbocycles. The van der Waals surface area contributed by atoms with Gasteiger partial charge in [0.15, 0.2) is 9.84 Å². The van der Waals surface area contributed by atoms with Crippen molar-refractivity contribution in [2.24, 2.45) is 9.98 Å². The van der Waals surface area contributed by atoms with Crippen molar-refractivity contribution in [3.63, 3.8) is 0 Å². The van der Waals surface area contributed by atoms with E-state index in [0.717, 1.165) is 11.1 Å². The Balaban J connectivity index is 1.77. The Hall–Kier alpha value is -2.41. The summed E-state index contributed by atoms with van der Waals surface area (Å²) < 4.78 is 23.8. The molecule has 2 aromatic rings. The van der Waals surface area contributed by atoms with Crippen LogP contribution in [-0.4, -0.2) is 54.4 Å². The lowest BCUT2D eigenvalue weighted by Gasteiger charge is -2.08. The fourth-order valence-electron chi connectivity index (χ4n) is 2.36. The molecule has 6 nitrogen and oxygen atoms in total. The summed E-state index contributed by atoms with van der Waals surface area (Å²) in [6.07, 6.45) is 10.1. The van der Waals surface area contributed by atoms with Crippen LogP contribution in [-0.2, 0) is 9.84 Å². The predicted molar refractivity (Wildman–Crippen MR) is 89.9 cm³/mol. The molecule has 0 unspecified atom stereocenters. The zero-order valence-electron chi connectivity index (χ0n) is 12.4. The highest BCUT2D eigenvalue weighted by Crippen LogP contribution is 2.19. The van der Waals surface area contributed by atoms with E-state index < -0.39 is 9.84 Å². The Labute approximate surface area is 135 Å². The molecule has 1 aliphatic rings. The number of hydrogen-bond donors (Lipinski definition) is 0. The molecule has 0 bridgehead atoms. The van der Waals surface area contributed by atoms with Gasteiger partial charge in [0.25, 0.3) is 0 Å². The third-order valence-corrected chi connectivity index (χ3v) is 5.23. The van der Waals surface area contributed by atoms with Gasteiger partial charge in [-0.1, -0.05) is 0 Å². The third kappa shape index (κ3) is 4.29. The lowest BCUT2D eigenvalue weighted by atomic mass is 10.2. The standard InChI is InChI=1S/C16H16N4O2S/c21-23(22)11-15(19-9-13-1-5-17-6-2-13)16(12-23)20-10-14-3-7-18-8-4-14/h1-10,15-16H,11-12H2/t15-,16+. The maximum absolute atomic E-state index is 11.9. The molecular weight excluding hydrogens is 312 g/mol. The SMILES string of the molecule is O=S1(=O)C[C@H](N=Cc2ccncc2)[C@H](N=Cc2ccncc2)C1. The summed E-state index contributed by atoms with van der Waals surface area (Å²) in [5.41, 5.74) is 1.78. The quantitative estimate of drug-likeness (QED) is 0.789. The van der Waals surface area contributed by atoms with Crippen LogP contribution in [0.25, 0.3) is 0 Å². The molecule has 0 amide bonds. The van der Waals surface area contributed by atoms with E-state index in [-0.39, 0.29) is 23.6 Å². The fraction of sp³-hybridized carbons (Fsp3) is 0.250. The van der Waals surface area contributed by atoms with E-state index in [1.807, 2.05) is 24.3 Å². The highest BCUT2D eigenvalue weighted by atomic mass is 32.2. The Kier molecular flexibility index (Phi) is 4.57. The number of rotatable bonds is 4. The minimum absolute atomic E-state index is 0.0347. The molecule has 0 N–H and O–H groups in total. The number of aliphatic imine (C=N–C) groups is 2. The molecule has 2 aromatic heterocycles. The molecule has 0 saturated carbocycles. The molecule has 0 spiro atoms. The molecule has 1 aliphatic heterocycles. The largest absolute Gasteiger partial charge is 0.286 e. The van der Waals surface area contributed by atoms with Gasteiger partial charge in [-0.25, -0.2) is 8.42 Å². The highest BCUT2D eigenvalue weighted by Gasteiger charge is 2.36. The van der Waals surface area contributed by atoms with Gasteiger partial charge in [-0.05, 0) is 35.4 Å². The number of sulfone groups is 1. The Morgan fingerprint density at radius 2 is 1.22 bits per heavy atom. The summed E-state index contributed by atoms with van der Waals surface area (Å²) in [7, 11) is -3.11. The molecule has 3 rings (SSSR count). The molecule has 1 saturated heterocycles. The smallest absolute Gasteiger partial charge is 0.154 e. The molecule has 3 heterocycles. The average molecular weight is 328 g/mol. The first-order valence-electron chi connectivity index (χ1n) is 7.19. The van der Waals surface area contributed by atoms with E-state index in [1.54, 1.807) is 37.2 Å². The summed E-state index contributed by atoms with van der Waals surface area (Å²) in [6, 6.07) is 6.58. The van der Waals surface area contributed by atoms with Crippen LogP contribution in [0.15, 0.2) is 59.0 Å². The Bertz CT molecular complexity index is 741. The van der Waals surface area contributed by atoms with Crippen molar-refractivity contribution in [3.8, 4) is 0 Å². The second-order valence-electron chi connectivity index (χ2n) is 5.33. The van der Waals surface area contributed by atoms with Crippen LogP contribution < -0.4 is 0 Å². The van der Waals surface area contributed by atoms with Crippen LogP contribution in [0.5, 0.6) is 0 Å². The zero-order valence-corrected chi connectivity index (χ0v) is 13.2. The lowest BCUT2D eigenvalue weighted by Crippen LogP contribution is -2.20. The number of nitrogens with zero attached hydrogens (tertiary/aromatic N) is 4. The van der Waals surface area contributed by atoms with Crippen LogP contribution in [0.2, 0.25) is 0 Å². The first-order valence-corrected chi connectivity index (χ1v) is 9.01. The molecule has 0 aliphatic carbocycles. The molecule has 1 fully saturated rings. The average Bonchev–Trinajstić information content (AvgIpc) is 2.87. The summed E-state index contributed by atoms with van der Waals surface area (Å²) >= 11 is 0. The van der Waals surface area contributed by atoms with Crippen molar-refractivity contribution in [3.05, 3.63) is 60.2 Å². The van der Waals surface area contributed by atoms with Crippen LogP contribution >= 0.6 is 0 Å². The maximum Gasteiger partial charge on any atom is 0.154 e. The van der Waals surface area contributed by atoms with Crippen LogP contribution in [0.4, 0.5) is 0 Å². The Morgan fingerprint density at radius 1 is 0.826 bits per heavy atom. The van der Waals surface area contributed by atoms with Gasteiger partial charge >= 0.3 is 0 Å². The number of pyridine rings is 2. The molecule has 23 heavy (non-hydrogen) atoms. The summed E-state index contributed by atoms with van der Waals surface area (Å²) in [6.45, 7) is 0. The second kappa shape index (κ2) is 6.78. The van der Waals surface area contributed by atoms with E-state index in [9.17, 15) is 8.42 Å². The van der Waals surface area contributed by atoms with Crippen LogP contribution in [0.3, 0.4) is 0 Å². The van der Waals surface area contributed by atoms with E-state index in [2.05, 4.69) is 20.0 Å². The van der Waals surface area contributed by atoms with Crippen LogP contribution in [0, 0.1) is 0 Å². The van der Waals surface area contributed by atoms with Gasteiger partial charge in [0.05, 0.1) is 23.6 Å². The van der Waals surface area contributed by atoms with Crippen molar-refractivity contribution < 1.29 is 8.42 Å². The maximum atomic E-state index is 11.9. The van der Waals surface area contributed by atoms with Gasteiger partial charge in [-0.2, -0.15) is 0 Å². The van der Waals surface area contributed by atoms with E-state index in [0.29, 0.717) is 0 Å². The number of hydrogen-bond acceptors (Lipinski definition) is 6. The molecule has 2 atom stereocenters. The topological polar surface area (TPSA) is 84.6 Å². The second-order valence-corrected chi connectivity index (χ2v) is 7.48. The third-order valence-electron chi connectivity index (χ3n) is 3.54. The summed E-state index contributed by atoms with van der Waals surface area (Å²) in [5.74, 6) is 0.0693. The minimum atomic E-state index is -3.11. The monoisotopic (exact) mass is 328 g/mol. The molecular formula is C16H16N4O2S. The van der Waals surface area contributed by atoms with Crippen molar-refractivity contribution in [2.75, 3.05) is 11.5 Å². The number of aromatic nitrogens is 2. The van der Waals surface area contributed by atoms with Crippen molar-refractivity contribution in [1.29, 1.82) is 0 Å². The normalized spacial score (nSPS) is 23.7. The van der Waals surface area contributed by atoms with Gasteiger partial charge in [0.1, 0.15) is 0 Å². The van der Waals surface area contributed by atoms with Crippen molar-refractivity contribution in [1.82, 2.24) is 9.97 Å². The van der Waals surface area contributed by atoms with E-state index >= 15 is 0 Å². The summed E-state index contributed by atoms with van der Waals surface area (Å²) in [5, 5.41) is 0. The van der Waals surface area contributed by atoms with Gasteiger partial charge in [0, 0.05) is 37.2 Å². The van der Waals surface area contributed by atoms with Gasteiger partial charge in [-0.15, -0.1) is 0 Å². The Morgan fingerprint density at radius 3 is 1.61 bits per heavy atom. The van der Waals surface area contributed by atoms with Gasteiger partial charge < -0.3 is 0 Å². The first kappa shape index (κ1) is 15.5. The zero-order chi connectivity index (χ0) is 16.1. The van der Waals surface area contributed by atoms with E-state index in [1.165, 1.54) is 0 Å². The first-order chi connectivity index (χ1) is 11.1. The van der Waals surface area contributed by atoms with Crippen LogP contribution in [0.1, 0.15) is 11.1 Å². The molecule has 0 radical (unpaired) electrons. The summed E-state index contributed by atoms with van der Waals surface area (Å²) in [4.78, 5) is 16.7.